The Bertz CT molecular complexity index is 941. The molecule has 2 fully saturated rings. The Morgan fingerprint density at radius 3 is 2.74 bits per heavy atom. The van der Waals surface area contributed by atoms with Crippen LogP contribution in [0.15, 0.2) is 47.1 Å². The minimum absolute atomic E-state index is 0.0995. The van der Waals surface area contributed by atoms with Gasteiger partial charge in [-0.15, -0.1) is 5.10 Å². The molecule has 3 aromatic rings. The molecule has 0 atom stereocenters. The predicted octanol–water partition coefficient (Wildman–Crippen LogP) is 2.18. The van der Waals surface area contributed by atoms with Crippen LogP contribution in [0.1, 0.15) is 41.1 Å². The number of rotatable bonds is 5. The maximum Gasteiger partial charge on any atom is 0.290 e. The van der Waals surface area contributed by atoms with Crippen LogP contribution in [0.5, 0.6) is 0 Å². The van der Waals surface area contributed by atoms with Gasteiger partial charge in [-0.1, -0.05) is 40.7 Å². The standard InChI is InChI=1S/C19H19N5O3/c25-19(18-8-16(22-27-18)12-4-2-1-3-5-12)21-14-6-15(7-14)24-17(9-20-23-24)13-10-26-11-13/h1-5,8-9,13-15H,6-7,10-11H2,(H,21,25). The third-order valence-corrected chi connectivity index (χ3v) is 5.26. The molecule has 1 N–H and O–H groups in total. The van der Waals surface area contributed by atoms with Gasteiger partial charge in [0, 0.05) is 23.6 Å². The van der Waals surface area contributed by atoms with E-state index in [1.165, 1.54) is 0 Å². The summed E-state index contributed by atoms with van der Waals surface area (Å²) in [6.45, 7) is 1.46. The molecule has 0 bridgehead atoms. The summed E-state index contributed by atoms with van der Waals surface area (Å²) in [4.78, 5) is 12.4. The fourth-order valence-electron chi connectivity index (χ4n) is 3.52. The molecule has 2 aromatic heterocycles. The molecule has 1 saturated carbocycles. The average Bonchev–Trinajstić information content (AvgIpc) is 3.27. The van der Waals surface area contributed by atoms with Crippen molar-refractivity contribution in [1.82, 2.24) is 25.5 Å². The molecule has 1 aromatic carbocycles. The lowest BCUT2D eigenvalue weighted by molar-refractivity contribution is 0.00301. The number of benzene rings is 1. The molecule has 1 aliphatic heterocycles. The molecular weight excluding hydrogens is 346 g/mol. The maximum atomic E-state index is 12.4. The Hall–Kier alpha value is -3.00. The maximum absolute atomic E-state index is 12.4. The lowest BCUT2D eigenvalue weighted by Crippen LogP contribution is -2.46. The Labute approximate surface area is 155 Å². The van der Waals surface area contributed by atoms with Crippen molar-refractivity contribution in [3.05, 3.63) is 54.0 Å². The summed E-state index contributed by atoms with van der Waals surface area (Å²) in [5, 5.41) is 15.3. The van der Waals surface area contributed by atoms with E-state index in [4.69, 9.17) is 9.26 Å². The van der Waals surface area contributed by atoms with Gasteiger partial charge < -0.3 is 14.6 Å². The molecular formula is C19H19N5O3. The zero-order valence-electron chi connectivity index (χ0n) is 14.6. The van der Waals surface area contributed by atoms with Crippen LogP contribution in [0.4, 0.5) is 0 Å². The molecule has 8 heteroatoms. The summed E-state index contributed by atoms with van der Waals surface area (Å²) in [7, 11) is 0. The van der Waals surface area contributed by atoms with Gasteiger partial charge >= 0.3 is 0 Å². The van der Waals surface area contributed by atoms with Crippen LogP contribution in [0.2, 0.25) is 0 Å². The molecule has 8 nitrogen and oxygen atoms in total. The van der Waals surface area contributed by atoms with E-state index in [1.807, 2.05) is 41.2 Å². The number of ether oxygens (including phenoxy) is 1. The minimum atomic E-state index is -0.237. The summed E-state index contributed by atoms with van der Waals surface area (Å²) in [6, 6.07) is 11.7. The largest absolute Gasteiger partial charge is 0.380 e. The van der Waals surface area contributed by atoms with Crippen molar-refractivity contribution in [2.75, 3.05) is 13.2 Å². The van der Waals surface area contributed by atoms with E-state index in [0.717, 1.165) is 37.3 Å². The van der Waals surface area contributed by atoms with Gasteiger partial charge in [0.2, 0.25) is 5.76 Å². The van der Waals surface area contributed by atoms with Crippen LogP contribution >= 0.6 is 0 Å². The molecule has 138 valence electrons. The predicted molar refractivity (Wildman–Crippen MR) is 95.0 cm³/mol. The third kappa shape index (κ3) is 3.02. The molecule has 27 heavy (non-hydrogen) atoms. The number of amides is 1. The van der Waals surface area contributed by atoms with E-state index in [9.17, 15) is 4.79 Å². The van der Waals surface area contributed by atoms with Gasteiger partial charge in [0.05, 0.1) is 31.1 Å². The summed E-state index contributed by atoms with van der Waals surface area (Å²) < 4.78 is 12.5. The zero-order chi connectivity index (χ0) is 18.2. The second kappa shape index (κ2) is 6.62. The Morgan fingerprint density at radius 2 is 2.00 bits per heavy atom. The van der Waals surface area contributed by atoms with E-state index in [0.29, 0.717) is 11.6 Å². The van der Waals surface area contributed by atoms with Crippen molar-refractivity contribution in [3.63, 3.8) is 0 Å². The fourth-order valence-corrected chi connectivity index (χ4v) is 3.52. The zero-order valence-corrected chi connectivity index (χ0v) is 14.6. The first kappa shape index (κ1) is 16.2. The Balaban J connectivity index is 1.19. The first-order valence-electron chi connectivity index (χ1n) is 9.09. The monoisotopic (exact) mass is 365 g/mol. The molecule has 0 spiro atoms. The molecule has 5 rings (SSSR count). The van der Waals surface area contributed by atoms with E-state index in [2.05, 4.69) is 20.8 Å². The van der Waals surface area contributed by atoms with Crippen molar-refractivity contribution >= 4 is 5.91 Å². The van der Waals surface area contributed by atoms with E-state index >= 15 is 0 Å². The van der Waals surface area contributed by atoms with Gasteiger partial charge in [0.1, 0.15) is 5.69 Å². The second-order valence-corrected chi connectivity index (χ2v) is 7.08. The lowest BCUT2D eigenvalue weighted by atomic mass is 9.86. The van der Waals surface area contributed by atoms with Crippen LogP contribution in [-0.4, -0.2) is 45.3 Å². The van der Waals surface area contributed by atoms with Crippen LogP contribution in [0.25, 0.3) is 11.3 Å². The number of hydrogen-bond donors (Lipinski definition) is 1. The van der Waals surface area contributed by atoms with Gasteiger partial charge in [0.25, 0.3) is 5.91 Å². The van der Waals surface area contributed by atoms with E-state index in [1.54, 1.807) is 6.07 Å². The van der Waals surface area contributed by atoms with Crippen LogP contribution in [-0.2, 0) is 4.74 Å². The molecule has 0 radical (unpaired) electrons. The number of carbonyl (C=O) groups excluding carboxylic acids is 1. The Kier molecular flexibility index (Phi) is 3.97. The first-order valence-corrected chi connectivity index (χ1v) is 9.09. The van der Waals surface area contributed by atoms with Crippen molar-refractivity contribution in [2.24, 2.45) is 0 Å². The van der Waals surface area contributed by atoms with Gasteiger partial charge in [-0.25, -0.2) is 4.68 Å². The SMILES string of the molecule is O=C(NC1CC(n2nncc2C2COC2)C1)c1cc(-c2ccccc2)no1. The minimum Gasteiger partial charge on any atom is -0.380 e. The fraction of sp³-hybridized carbons (Fsp3) is 0.368. The van der Waals surface area contributed by atoms with Crippen molar-refractivity contribution < 1.29 is 14.1 Å². The van der Waals surface area contributed by atoms with E-state index < -0.39 is 0 Å². The van der Waals surface area contributed by atoms with Gasteiger partial charge in [-0.3, -0.25) is 4.79 Å². The third-order valence-electron chi connectivity index (χ3n) is 5.26. The first-order chi connectivity index (χ1) is 13.3. The molecule has 3 heterocycles. The van der Waals surface area contributed by atoms with Gasteiger partial charge in [-0.05, 0) is 12.8 Å². The summed E-state index contributed by atoms with van der Waals surface area (Å²) in [6.07, 6.45) is 3.48. The summed E-state index contributed by atoms with van der Waals surface area (Å²) >= 11 is 0. The molecule has 1 aliphatic carbocycles. The number of aromatic nitrogens is 4. The molecule has 2 aliphatic rings. The Morgan fingerprint density at radius 1 is 1.19 bits per heavy atom. The van der Waals surface area contributed by atoms with Crippen molar-refractivity contribution in [2.45, 2.75) is 30.8 Å². The quantitative estimate of drug-likeness (QED) is 0.745. The lowest BCUT2D eigenvalue weighted by Gasteiger charge is -2.37. The number of nitrogens with one attached hydrogen (secondary N) is 1. The molecule has 1 amide bonds. The van der Waals surface area contributed by atoms with Crippen LogP contribution < -0.4 is 5.32 Å². The van der Waals surface area contributed by atoms with E-state index in [-0.39, 0.29) is 23.8 Å². The number of hydrogen-bond acceptors (Lipinski definition) is 6. The van der Waals surface area contributed by atoms with Gasteiger partial charge in [0.15, 0.2) is 0 Å². The van der Waals surface area contributed by atoms with Crippen LogP contribution in [0.3, 0.4) is 0 Å². The van der Waals surface area contributed by atoms with Crippen LogP contribution in [0, 0.1) is 0 Å². The number of nitrogens with zero attached hydrogens (tertiary/aromatic N) is 4. The smallest absolute Gasteiger partial charge is 0.290 e. The second-order valence-electron chi connectivity index (χ2n) is 7.08. The summed E-state index contributed by atoms with van der Waals surface area (Å²) in [5.41, 5.74) is 2.70. The normalized spacial score (nSPS) is 22.1. The highest BCUT2D eigenvalue weighted by Crippen LogP contribution is 2.35. The van der Waals surface area contributed by atoms with Gasteiger partial charge in [-0.2, -0.15) is 0 Å². The number of carbonyl (C=O) groups is 1. The van der Waals surface area contributed by atoms with Crippen molar-refractivity contribution in [1.29, 1.82) is 0 Å². The highest BCUT2D eigenvalue weighted by molar-refractivity contribution is 5.92. The molecule has 0 unspecified atom stereocenters. The highest BCUT2D eigenvalue weighted by atomic mass is 16.5. The van der Waals surface area contributed by atoms with Crippen molar-refractivity contribution in [3.8, 4) is 11.3 Å². The molecule has 1 saturated heterocycles. The highest BCUT2D eigenvalue weighted by Gasteiger charge is 2.36. The topological polar surface area (TPSA) is 95.1 Å². The summed E-state index contributed by atoms with van der Waals surface area (Å²) in [5.74, 6) is 0.379. The average molecular weight is 365 g/mol.